The molecule has 0 aromatic carbocycles. The van der Waals surface area contributed by atoms with Crippen LogP contribution >= 0.6 is 11.3 Å². The first-order chi connectivity index (χ1) is 8.08. The molecule has 1 unspecified atom stereocenters. The fourth-order valence-corrected chi connectivity index (χ4v) is 2.34. The average Bonchev–Trinajstić information content (AvgIpc) is 2.69. The molecule has 3 nitrogen and oxygen atoms in total. The van der Waals surface area contributed by atoms with Crippen LogP contribution in [0.2, 0.25) is 0 Å². The summed E-state index contributed by atoms with van der Waals surface area (Å²) in [5, 5.41) is 10.5. The molecule has 0 aliphatic heterocycles. The van der Waals surface area contributed by atoms with Crippen LogP contribution < -0.4 is 10.6 Å². The Bertz CT molecular complexity index is 322. The van der Waals surface area contributed by atoms with E-state index in [-0.39, 0.29) is 11.9 Å². The summed E-state index contributed by atoms with van der Waals surface area (Å²) >= 11 is 1.73. The Kier molecular flexibility index (Phi) is 6.22. The molecule has 0 aliphatic rings. The lowest BCUT2D eigenvalue weighted by atomic mass is 10.1. The Balaban J connectivity index is 2.12. The van der Waals surface area contributed by atoms with Crippen molar-refractivity contribution in [3.63, 3.8) is 0 Å². The van der Waals surface area contributed by atoms with E-state index in [1.54, 1.807) is 11.3 Å². The molecular formula is C13H22N2OS. The molecule has 17 heavy (non-hydrogen) atoms. The molecule has 0 saturated carbocycles. The summed E-state index contributed by atoms with van der Waals surface area (Å²) in [5.41, 5.74) is 1.36. The van der Waals surface area contributed by atoms with Gasteiger partial charge in [-0.2, -0.15) is 11.3 Å². The Morgan fingerprint density at radius 3 is 2.76 bits per heavy atom. The van der Waals surface area contributed by atoms with E-state index < -0.39 is 0 Å². The van der Waals surface area contributed by atoms with Crippen LogP contribution in [-0.4, -0.2) is 24.5 Å². The minimum atomic E-state index is 0.121. The van der Waals surface area contributed by atoms with Crippen LogP contribution in [0.25, 0.3) is 0 Å². The van der Waals surface area contributed by atoms with Crippen LogP contribution in [0, 0.1) is 0 Å². The number of nitrogens with one attached hydrogen (secondary N) is 2. The van der Waals surface area contributed by atoms with E-state index in [1.807, 2.05) is 13.8 Å². The molecule has 1 aromatic heterocycles. The minimum Gasteiger partial charge on any atom is -0.354 e. The van der Waals surface area contributed by atoms with Gasteiger partial charge in [0, 0.05) is 25.0 Å². The van der Waals surface area contributed by atoms with Gasteiger partial charge in [0.1, 0.15) is 0 Å². The molecule has 1 atom stereocenters. The second-order valence-electron chi connectivity index (χ2n) is 4.66. The quantitative estimate of drug-likeness (QED) is 0.783. The van der Waals surface area contributed by atoms with E-state index in [1.165, 1.54) is 5.56 Å². The smallest absolute Gasteiger partial charge is 0.221 e. The summed E-state index contributed by atoms with van der Waals surface area (Å²) < 4.78 is 0. The zero-order chi connectivity index (χ0) is 12.7. The van der Waals surface area contributed by atoms with Crippen molar-refractivity contribution in [2.24, 2.45) is 0 Å². The van der Waals surface area contributed by atoms with E-state index in [0.717, 1.165) is 13.0 Å². The van der Waals surface area contributed by atoms with Crippen LogP contribution in [0.4, 0.5) is 0 Å². The van der Waals surface area contributed by atoms with Crippen LogP contribution in [0.3, 0.4) is 0 Å². The molecule has 0 spiro atoms. The normalized spacial score (nSPS) is 12.7. The van der Waals surface area contributed by atoms with Gasteiger partial charge in [-0.1, -0.05) is 0 Å². The number of hydrogen-bond acceptors (Lipinski definition) is 3. The summed E-state index contributed by atoms with van der Waals surface area (Å²) in [6, 6.07) is 2.79. The summed E-state index contributed by atoms with van der Waals surface area (Å²) in [6.07, 6.45) is 1.57. The highest BCUT2D eigenvalue weighted by Gasteiger charge is 2.06. The monoisotopic (exact) mass is 254 g/mol. The van der Waals surface area contributed by atoms with Crippen LogP contribution in [0.5, 0.6) is 0 Å². The van der Waals surface area contributed by atoms with Crippen molar-refractivity contribution in [3.8, 4) is 0 Å². The van der Waals surface area contributed by atoms with Crippen molar-refractivity contribution < 1.29 is 4.79 Å². The maximum absolute atomic E-state index is 11.4. The van der Waals surface area contributed by atoms with Gasteiger partial charge in [0.15, 0.2) is 0 Å². The minimum absolute atomic E-state index is 0.121. The molecule has 1 heterocycles. The molecule has 0 fully saturated rings. The van der Waals surface area contributed by atoms with E-state index in [2.05, 4.69) is 34.4 Å². The molecule has 96 valence electrons. The third-order valence-electron chi connectivity index (χ3n) is 2.42. The van der Waals surface area contributed by atoms with Crippen molar-refractivity contribution in [1.82, 2.24) is 10.6 Å². The molecule has 1 rings (SSSR count). The van der Waals surface area contributed by atoms with Gasteiger partial charge in [-0.3, -0.25) is 4.79 Å². The van der Waals surface area contributed by atoms with Gasteiger partial charge in [-0.15, -0.1) is 0 Å². The van der Waals surface area contributed by atoms with Crippen molar-refractivity contribution in [2.45, 2.75) is 45.7 Å². The van der Waals surface area contributed by atoms with Gasteiger partial charge in [0.25, 0.3) is 0 Å². The predicted octanol–water partition coefficient (Wildman–Crippen LogP) is 2.18. The first-order valence-corrected chi connectivity index (χ1v) is 7.06. The number of carbonyl (C=O) groups is 1. The van der Waals surface area contributed by atoms with E-state index in [0.29, 0.717) is 12.5 Å². The first-order valence-electron chi connectivity index (χ1n) is 6.11. The molecule has 0 radical (unpaired) electrons. The maximum atomic E-state index is 11.4. The third kappa shape index (κ3) is 6.44. The SMILES string of the molecule is CC(C)NC(=O)CCNC(C)Cc1ccsc1. The van der Waals surface area contributed by atoms with E-state index in [4.69, 9.17) is 0 Å². The fourth-order valence-electron chi connectivity index (χ4n) is 1.66. The number of carbonyl (C=O) groups excluding carboxylic acids is 1. The average molecular weight is 254 g/mol. The molecule has 0 bridgehead atoms. The summed E-state index contributed by atoms with van der Waals surface area (Å²) in [7, 11) is 0. The topological polar surface area (TPSA) is 41.1 Å². The molecule has 0 aliphatic carbocycles. The fraction of sp³-hybridized carbons (Fsp3) is 0.615. The highest BCUT2D eigenvalue weighted by atomic mass is 32.1. The Labute approximate surface area is 108 Å². The molecule has 1 amide bonds. The number of rotatable bonds is 7. The highest BCUT2D eigenvalue weighted by molar-refractivity contribution is 7.07. The summed E-state index contributed by atoms with van der Waals surface area (Å²) in [4.78, 5) is 11.4. The Hall–Kier alpha value is -0.870. The van der Waals surface area contributed by atoms with Gasteiger partial charge >= 0.3 is 0 Å². The number of hydrogen-bond donors (Lipinski definition) is 2. The second kappa shape index (κ2) is 7.45. The lowest BCUT2D eigenvalue weighted by Gasteiger charge is -2.13. The van der Waals surface area contributed by atoms with E-state index >= 15 is 0 Å². The molecule has 0 saturated heterocycles. The largest absolute Gasteiger partial charge is 0.354 e. The van der Waals surface area contributed by atoms with Gasteiger partial charge in [-0.05, 0) is 49.6 Å². The van der Waals surface area contributed by atoms with Crippen LogP contribution in [0.1, 0.15) is 32.8 Å². The van der Waals surface area contributed by atoms with Gasteiger partial charge in [-0.25, -0.2) is 0 Å². The number of thiophene rings is 1. The van der Waals surface area contributed by atoms with Gasteiger partial charge in [0.2, 0.25) is 5.91 Å². The molecule has 2 N–H and O–H groups in total. The van der Waals surface area contributed by atoms with Crippen LogP contribution in [-0.2, 0) is 11.2 Å². The molecular weight excluding hydrogens is 232 g/mol. The zero-order valence-corrected chi connectivity index (χ0v) is 11.6. The third-order valence-corrected chi connectivity index (χ3v) is 3.15. The van der Waals surface area contributed by atoms with Gasteiger partial charge < -0.3 is 10.6 Å². The predicted molar refractivity (Wildman–Crippen MR) is 73.4 cm³/mol. The van der Waals surface area contributed by atoms with Crippen molar-refractivity contribution in [2.75, 3.05) is 6.54 Å². The molecule has 4 heteroatoms. The Morgan fingerprint density at radius 2 is 2.18 bits per heavy atom. The number of amides is 1. The van der Waals surface area contributed by atoms with Crippen LogP contribution in [0.15, 0.2) is 16.8 Å². The second-order valence-corrected chi connectivity index (χ2v) is 5.44. The zero-order valence-electron chi connectivity index (χ0n) is 10.8. The van der Waals surface area contributed by atoms with E-state index in [9.17, 15) is 4.79 Å². The summed E-state index contributed by atoms with van der Waals surface area (Å²) in [5.74, 6) is 0.121. The highest BCUT2D eigenvalue weighted by Crippen LogP contribution is 2.08. The standard InChI is InChI=1S/C13H22N2OS/c1-10(2)15-13(16)4-6-14-11(3)8-12-5-7-17-9-12/h5,7,9-11,14H,4,6,8H2,1-3H3,(H,15,16). The lowest BCUT2D eigenvalue weighted by molar-refractivity contribution is -0.121. The molecule has 1 aromatic rings. The summed E-state index contributed by atoms with van der Waals surface area (Å²) in [6.45, 7) is 6.84. The Morgan fingerprint density at radius 1 is 1.41 bits per heavy atom. The van der Waals surface area contributed by atoms with Crippen molar-refractivity contribution in [3.05, 3.63) is 22.4 Å². The lowest BCUT2D eigenvalue weighted by Crippen LogP contribution is -2.35. The first kappa shape index (κ1) is 14.2. The van der Waals surface area contributed by atoms with Crippen molar-refractivity contribution in [1.29, 1.82) is 0 Å². The van der Waals surface area contributed by atoms with Gasteiger partial charge in [0.05, 0.1) is 0 Å². The maximum Gasteiger partial charge on any atom is 0.221 e. The van der Waals surface area contributed by atoms with Crippen molar-refractivity contribution >= 4 is 17.2 Å².